The van der Waals surface area contributed by atoms with Crippen molar-refractivity contribution in [2.45, 2.75) is 43.9 Å². The average molecular weight is 308 g/mol. The first kappa shape index (κ1) is 15.8. The van der Waals surface area contributed by atoms with Gasteiger partial charge in [-0.2, -0.15) is 11.8 Å². The Morgan fingerprint density at radius 1 is 1.38 bits per heavy atom. The van der Waals surface area contributed by atoms with Gasteiger partial charge in [0.05, 0.1) is 11.3 Å². The van der Waals surface area contributed by atoms with E-state index in [-0.39, 0.29) is 24.1 Å². The number of benzene rings is 1. The lowest BCUT2D eigenvalue weighted by Crippen LogP contribution is -2.39. The maximum absolute atomic E-state index is 12.1. The average Bonchev–Trinajstić information content (AvgIpc) is 2.87. The first-order valence-electron chi connectivity index (χ1n) is 7.24. The van der Waals surface area contributed by atoms with Crippen molar-refractivity contribution in [3.8, 4) is 0 Å². The normalized spacial score (nSPS) is 21.2. The minimum absolute atomic E-state index is 0.00236. The molecule has 2 atom stereocenters. The standard InChI is InChI=1S/C15H20N2O3S/c1-2-21-14-5-3-4-13(14)16-15(18)10-11-6-8-12(9-7-11)17(19)20/h6-9,13-14H,2-5,10H2,1H3,(H,16,18)/t13-,14+/m0/s1. The molecule has 0 unspecified atom stereocenters. The molecule has 2 rings (SSSR count). The van der Waals surface area contributed by atoms with E-state index in [1.54, 1.807) is 12.1 Å². The molecule has 1 aromatic carbocycles. The number of carbonyl (C=O) groups is 1. The van der Waals surface area contributed by atoms with Crippen molar-refractivity contribution in [1.82, 2.24) is 5.32 Å². The lowest BCUT2D eigenvalue weighted by atomic mass is 10.1. The van der Waals surface area contributed by atoms with Crippen LogP contribution in [0.25, 0.3) is 0 Å². The molecule has 1 saturated carbocycles. The van der Waals surface area contributed by atoms with Crippen molar-refractivity contribution in [3.63, 3.8) is 0 Å². The number of nitro groups is 1. The maximum atomic E-state index is 12.1. The molecule has 1 N–H and O–H groups in total. The predicted molar refractivity (Wildman–Crippen MR) is 84.5 cm³/mol. The van der Waals surface area contributed by atoms with E-state index >= 15 is 0 Å². The minimum Gasteiger partial charge on any atom is -0.352 e. The number of hydrogen-bond acceptors (Lipinski definition) is 4. The number of non-ortho nitro benzene ring substituents is 1. The Morgan fingerprint density at radius 3 is 2.71 bits per heavy atom. The Labute approximate surface area is 128 Å². The first-order valence-corrected chi connectivity index (χ1v) is 8.29. The Hall–Kier alpha value is -1.56. The molecule has 0 radical (unpaired) electrons. The van der Waals surface area contributed by atoms with Gasteiger partial charge in [0.2, 0.25) is 5.91 Å². The van der Waals surface area contributed by atoms with Gasteiger partial charge in [0.25, 0.3) is 5.69 Å². The molecule has 0 bridgehead atoms. The van der Waals surface area contributed by atoms with Crippen LogP contribution >= 0.6 is 11.8 Å². The summed E-state index contributed by atoms with van der Waals surface area (Å²) in [5.41, 5.74) is 0.852. The van der Waals surface area contributed by atoms with Crippen LogP contribution < -0.4 is 5.32 Å². The van der Waals surface area contributed by atoms with Crippen LogP contribution in [0.2, 0.25) is 0 Å². The van der Waals surface area contributed by atoms with Crippen LogP contribution in [-0.4, -0.2) is 27.9 Å². The molecule has 0 heterocycles. The highest BCUT2D eigenvalue weighted by molar-refractivity contribution is 7.99. The van der Waals surface area contributed by atoms with Crippen LogP contribution in [0.1, 0.15) is 31.7 Å². The van der Waals surface area contributed by atoms with Crippen molar-refractivity contribution in [2.24, 2.45) is 0 Å². The zero-order valence-electron chi connectivity index (χ0n) is 12.1. The summed E-state index contributed by atoms with van der Waals surface area (Å²) in [5, 5.41) is 14.2. The van der Waals surface area contributed by atoms with Crippen molar-refractivity contribution in [2.75, 3.05) is 5.75 Å². The summed E-state index contributed by atoms with van der Waals surface area (Å²) in [6.45, 7) is 2.14. The van der Waals surface area contributed by atoms with Gasteiger partial charge in [0.15, 0.2) is 0 Å². The molecule has 0 saturated heterocycles. The Balaban J connectivity index is 1.88. The number of nitrogens with one attached hydrogen (secondary N) is 1. The topological polar surface area (TPSA) is 72.2 Å². The van der Waals surface area contributed by atoms with Crippen LogP contribution in [-0.2, 0) is 11.2 Å². The van der Waals surface area contributed by atoms with E-state index in [9.17, 15) is 14.9 Å². The lowest BCUT2D eigenvalue weighted by molar-refractivity contribution is -0.384. The molecule has 1 amide bonds. The van der Waals surface area contributed by atoms with Crippen LogP contribution in [0, 0.1) is 10.1 Å². The summed E-state index contributed by atoms with van der Waals surface area (Å²) in [4.78, 5) is 22.2. The van der Waals surface area contributed by atoms with E-state index in [4.69, 9.17) is 0 Å². The number of nitro benzene ring substituents is 1. The monoisotopic (exact) mass is 308 g/mol. The van der Waals surface area contributed by atoms with E-state index < -0.39 is 4.92 Å². The van der Waals surface area contributed by atoms with E-state index in [2.05, 4.69) is 12.2 Å². The molecular formula is C15H20N2O3S. The molecular weight excluding hydrogens is 288 g/mol. The van der Waals surface area contributed by atoms with Gasteiger partial charge in [-0.3, -0.25) is 14.9 Å². The molecule has 1 aliphatic carbocycles. The first-order chi connectivity index (χ1) is 10.1. The Kier molecular flexibility index (Phi) is 5.61. The summed E-state index contributed by atoms with van der Waals surface area (Å²) in [6, 6.07) is 6.43. The zero-order chi connectivity index (χ0) is 15.2. The molecule has 21 heavy (non-hydrogen) atoms. The van der Waals surface area contributed by atoms with E-state index in [1.165, 1.54) is 25.0 Å². The summed E-state index contributed by atoms with van der Waals surface area (Å²) in [6.07, 6.45) is 3.66. The largest absolute Gasteiger partial charge is 0.352 e. The number of hydrogen-bond donors (Lipinski definition) is 1. The van der Waals surface area contributed by atoms with E-state index in [0.29, 0.717) is 5.25 Å². The van der Waals surface area contributed by atoms with E-state index in [1.807, 2.05) is 11.8 Å². The second-order valence-electron chi connectivity index (χ2n) is 5.20. The van der Waals surface area contributed by atoms with Gasteiger partial charge in [-0.15, -0.1) is 0 Å². The third-order valence-corrected chi connectivity index (χ3v) is 5.02. The number of rotatable bonds is 6. The SMILES string of the molecule is CCS[C@@H]1CCC[C@@H]1NC(=O)Cc1ccc([N+](=O)[O-])cc1. The van der Waals surface area contributed by atoms with Crippen molar-refractivity contribution < 1.29 is 9.72 Å². The number of thioether (sulfide) groups is 1. The third kappa shape index (κ3) is 4.46. The van der Waals surface area contributed by atoms with Crippen LogP contribution in [0.4, 0.5) is 5.69 Å². The number of nitrogens with zero attached hydrogens (tertiary/aromatic N) is 1. The summed E-state index contributed by atoms with van der Waals surface area (Å²) >= 11 is 1.91. The smallest absolute Gasteiger partial charge is 0.269 e. The third-order valence-electron chi connectivity index (χ3n) is 3.69. The van der Waals surface area contributed by atoms with Crippen molar-refractivity contribution in [1.29, 1.82) is 0 Å². The van der Waals surface area contributed by atoms with Gasteiger partial charge in [-0.05, 0) is 24.2 Å². The van der Waals surface area contributed by atoms with Gasteiger partial charge < -0.3 is 5.32 Å². The molecule has 1 aromatic rings. The molecule has 114 valence electrons. The van der Waals surface area contributed by atoms with Gasteiger partial charge in [0, 0.05) is 23.4 Å². The molecule has 5 nitrogen and oxygen atoms in total. The molecule has 1 fully saturated rings. The summed E-state index contributed by atoms with van der Waals surface area (Å²) in [5.74, 6) is 1.07. The fourth-order valence-electron chi connectivity index (χ4n) is 2.68. The second kappa shape index (κ2) is 7.45. The highest BCUT2D eigenvalue weighted by Crippen LogP contribution is 2.29. The Morgan fingerprint density at radius 2 is 2.10 bits per heavy atom. The molecule has 6 heteroatoms. The fourth-order valence-corrected chi connectivity index (χ4v) is 3.88. The summed E-state index contributed by atoms with van der Waals surface area (Å²) < 4.78 is 0. The van der Waals surface area contributed by atoms with Gasteiger partial charge >= 0.3 is 0 Å². The lowest BCUT2D eigenvalue weighted by Gasteiger charge is -2.20. The van der Waals surface area contributed by atoms with Crippen LogP contribution in [0.5, 0.6) is 0 Å². The second-order valence-corrected chi connectivity index (χ2v) is 6.72. The quantitative estimate of drug-likeness (QED) is 0.648. The Bertz CT molecular complexity index is 504. The molecule has 0 aliphatic heterocycles. The van der Waals surface area contributed by atoms with Gasteiger partial charge in [-0.1, -0.05) is 25.5 Å². The minimum atomic E-state index is -0.436. The van der Waals surface area contributed by atoms with Gasteiger partial charge in [0.1, 0.15) is 0 Å². The van der Waals surface area contributed by atoms with E-state index in [0.717, 1.165) is 17.7 Å². The highest BCUT2D eigenvalue weighted by Gasteiger charge is 2.28. The van der Waals surface area contributed by atoms with Crippen molar-refractivity contribution in [3.05, 3.63) is 39.9 Å². The van der Waals surface area contributed by atoms with Crippen molar-refractivity contribution >= 4 is 23.4 Å². The van der Waals surface area contributed by atoms with Crippen LogP contribution in [0.15, 0.2) is 24.3 Å². The fraction of sp³-hybridized carbons (Fsp3) is 0.533. The number of amides is 1. The summed E-state index contributed by atoms with van der Waals surface area (Å²) in [7, 11) is 0. The van der Waals surface area contributed by atoms with Crippen LogP contribution in [0.3, 0.4) is 0 Å². The predicted octanol–water partition coefficient (Wildman–Crippen LogP) is 2.93. The molecule has 1 aliphatic rings. The highest BCUT2D eigenvalue weighted by atomic mass is 32.2. The maximum Gasteiger partial charge on any atom is 0.269 e. The molecule has 0 aromatic heterocycles. The van der Waals surface area contributed by atoms with Gasteiger partial charge in [-0.25, -0.2) is 0 Å². The number of carbonyl (C=O) groups excluding carboxylic acids is 1. The zero-order valence-corrected chi connectivity index (χ0v) is 12.9. The molecule has 0 spiro atoms.